The van der Waals surface area contributed by atoms with Gasteiger partial charge in [0, 0.05) is 32.3 Å². The van der Waals surface area contributed by atoms with Crippen molar-refractivity contribution in [3.63, 3.8) is 0 Å². The number of hydrogen-bond donors (Lipinski definition) is 0. The molecule has 0 radical (unpaired) electrons. The molecule has 0 bridgehead atoms. The summed E-state index contributed by atoms with van der Waals surface area (Å²) >= 11 is 1.48. The average molecular weight is 564 g/mol. The van der Waals surface area contributed by atoms with E-state index in [4.69, 9.17) is 28.7 Å². The van der Waals surface area contributed by atoms with E-state index in [2.05, 4.69) is 4.90 Å². The molecule has 0 N–H and O–H groups in total. The van der Waals surface area contributed by atoms with E-state index in [1.54, 1.807) is 50.5 Å². The van der Waals surface area contributed by atoms with Gasteiger partial charge in [0.15, 0.2) is 16.6 Å². The highest BCUT2D eigenvalue weighted by Crippen LogP contribution is 2.38. The average Bonchev–Trinajstić information content (AvgIpc) is 3.35. The predicted octanol–water partition coefficient (Wildman–Crippen LogP) is 4.52. The molecule has 0 aliphatic carbocycles. The molecule has 1 aliphatic heterocycles. The topological polar surface area (TPSA) is 82.6 Å². The largest absolute Gasteiger partial charge is 0.494 e. The first-order chi connectivity index (χ1) is 18.1. The van der Waals surface area contributed by atoms with Gasteiger partial charge in [0.1, 0.15) is 5.75 Å². The van der Waals surface area contributed by atoms with Crippen molar-refractivity contribution in [1.29, 1.82) is 0 Å². The van der Waals surface area contributed by atoms with Crippen molar-refractivity contribution >= 4 is 51.1 Å². The quantitative estimate of drug-likeness (QED) is 0.315. The Hall–Kier alpha value is -3.05. The van der Waals surface area contributed by atoms with Crippen LogP contribution in [0.3, 0.4) is 0 Å². The number of aromatic nitrogens is 1. The number of thiazole rings is 1. The summed E-state index contributed by atoms with van der Waals surface area (Å²) in [4.78, 5) is 22.3. The van der Waals surface area contributed by atoms with Crippen LogP contribution in [0, 0.1) is 0 Å². The molecule has 1 aliphatic rings. The van der Waals surface area contributed by atoms with Gasteiger partial charge in [-0.15, -0.1) is 12.4 Å². The van der Waals surface area contributed by atoms with Crippen molar-refractivity contribution in [1.82, 2.24) is 9.88 Å². The van der Waals surface area contributed by atoms with Crippen molar-refractivity contribution < 1.29 is 28.5 Å². The molecule has 0 atom stereocenters. The number of anilines is 1. The maximum Gasteiger partial charge on any atom is 0.252 e. The molecule has 1 fully saturated rings. The molecule has 1 aromatic heterocycles. The number of ether oxygens (including phenoxy) is 5. The molecule has 2 aromatic carbocycles. The maximum atomic E-state index is 13.5. The van der Waals surface area contributed by atoms with Gasteiger partial charge < -0.3 is 23.7 Å². The van der Waals surface area contributed by atoms with Gasteiger partial charge in [-0.3, -0.25) is 14.6 Å². The molecule has 9 nitrogen and oxygen atoms in total. The zero-order valence-electron chi connectivity index (χ0n) is 22.1. The van der Waals surface area contributed by atoms with E-state index in [0.29, 0.717) is 48.7 Å². The summed E-state index contributed by atoms with van der Waals surface area (Å²) in [6.07, 6.45) is 3.30. The lowest BCUT2D eigenvalue weighted by Gasteiger charge is -2.28. The van der Waals surface area contributed by atoms with Crippen LogP contribution >= 0.6 is 23.7 Å². The lowest BCUT2D eigenvalue weighted by molar-refractivity contribution is -0.114. The molecule has 0 spiro atoms. The van der Waals surface area contributed by atoms with Gasteiger partial charge in [0.2, 0.25) is 5.75 Å². The second kappa shape index (κ2) is 14.2. The second-order valence-corrected chi connectivity index (χ2v) is 9.30. The van der Waals surface area contributed by atoms with Crippen LogP contribution in [0.5, 0.6) is 23.0 Å². The summed E-state index contributed by atoms with van der Waals surface area (Å²) in [5, 5.41) is 0.649. The molecule has 206 valence electrons. The van der Waals surface area contributed by atoms with Crippen molar-refractivity contribution in [2.75, 3.05) is 72.2 Å². The van der Waals surface area contributed by atoms with E-state index in [0.717, 1.165) is 41.2 Å². The Kier molecular flexibility index (Phi) is 11.0. The number of methoxy groups -OCH3 is 3. The Balaban J connectivity index is 0.00000400. The van der Waals surface area contributed by atoms with Crippen molar-refractivity contribution in [3.05, 3.63) is 42.0 Å². The summed E-state index contributed by atoms with van der Waals surface area (Å²) in [5.41, 5.74) is 1.59. The van der Waals surface area contributed by atoms with Crippen molar-refractivity contribution in [2.45, 2.75) is 6.92 Å². The Morgan fingerprint density at radius 3 is 2.45 bits per heavy atom. The Labute approximate surface area is 233 Å². The van der Waals surface area contributed by atoms with Gasteiger partial charge in [0.05, 0.1) is 51.4 Å². The molecular weight excluding hydrogens is 530 g/mol. The lowest BCUT2D eigenvalue weighted by Crippen LogP contribution is -2.42. The number of carbonyl (C=O) groups excluding carboxylic acids is 1. The van der Waals surface area contributed by atoms with Gasteiger partial charge in [0.25, 0.3) is 5.91 Å². The summed E-state index contributed by atoms with van der Waals surface area (Å²) in [5.74, 6) is 2.18. The van der Waals surface area contributed by atoms with Crippen LogP contribution in [0.1, 0.15) is 12.5 Å². The Bertz CT molecular complexity index is 1220. The monoisotopic (exact) mass is 563 g/mol. The first-order valence-corrected chi connectivity index (χ1v) is 13.0. The van der Waals surface area contributed by atoms with Crippen LogP contribution in [-0.4, -0.2) is 83.1 Å². The van der Waals surface area contributed by atoms with Gasteiger partial charge in [-0.1, -0.05) is 11.3 Å². The number of morpholine rings is 1. The summed E-state index contributed by atoms with van der Waals surface area (Å²) < 4.78 is 28.4. The SMILES string of the molecule is CCOc1ccc2nc(N(CCN3CCOCC3)C(=O)/C=C/c3cc(OC)c(OC)c(OC)c3)sc2c1.Cl. The number of rotatable bonds is 11. The van der Waals surface area contributed by atoms with E-state index in [1.807, 2.05) is 25.1 Å². The Morgan fingerprint density at radius 2 is 1.82 bits per heavy atom. The van der Waals surface area contributed by atoms with E-state index >= 15 is 0 Å². The minimum Gasteiger partial charge on any atom is -0.494 e. The molecule has 0 saturated carbocycles. The zero-order chi connectivity index (χ0) is 26.2. The number of hydrogen-bond acceptors (Lipinski definition) is 9. The predicted molar refractivity (Wildman–Crippen MR) is 153 cm³/mol. The number of halogens is 1. The van der Waals surface area contributed by atoms with Gasteiger partial charge in [-0.2, -0.15) is 0 Å². The third-order valence-corrected chi connectivity index (χ3v) is 7.05. The fraction of sp³-hybridized carbons (Fsp3) is 0.407. The number of benzene rings is 2. The van der Waals surface area contributed by atoms with E-state index in [9.17, 15) is 4.79 Å². The first kappa shape index (κ1) is 29.5. The molecule has 2 heterocycles. The number of fused-ring (bicyclic) bond motifs is 1. The van der Waals surface area contributed by atoms with Crippen LogP contribution in [0.25, 0.3) is 16.3 Å². The Morgan fingerprint density at radius 1 is 1.11 bits per heavy atom. The van der Waals surface area contributed by atoms with Gasteiger partial charge in [-0.25, -0.2) is 4.98 Å². The van der Waals surface area contributed by atoms with Crippen LogP contribution in [-0.2, 0) is 9.53 Å². The summed E-state index contributed by atoms with van der Waals surface area (Å²) in [6, 6.07) is 9.40. The van der Waals surface area contributed by atoms with E-state index in [1.165, 1.54) is 11.3 Å². The zero-order valence-corrected chi connectivity index (χ0v) is 23.7. The highest BCUT2D eigenvalue weighted by molar-refractivity contribution is 7.22. The van der Waals surface area contributed by atoms with Crippen molar-refractivity contribution in [2.24, 2.45) is 0 Å². The highest BCUT2D eigenvalue weighted by Gasteiger charge is 2.21. The molecule has 1 saturated heterocycles. The highest BCUT2D eigenvalue weighted by atomic mass is 35.5. The smallest absolute Gasteiger partial charge is 0.252 e. The third kappa shape index (κ3) is 7.08. The van der Waals surface area contributed by atoms with E-state index < -0.39 is 0 Å². The maximum absolute atomic E-state index is 13.5. The number of carbonyl (C=O) groups is 1. The van der Waals surface area contributed by atoms with Crippen LogP contribution in [0.15, 0.2) is 36.4 Å². The van der Waals surface area contributed by atoms with E-state index in [-0.39, 0.29) is 18.3 Å². The molecule has 0 unspecified atom stereocenters. The van der Waals surface area contributed by atoms with Crippen LogP contribution < -0.4 is 23.8 Å². The first-order valence-electron chi connectivity index (χ1n) is 12.2. The number of nitrogens with zero attached hydrogens (tertiary/aromatic N) is 3. The summed E-state index contributed by atoms with van der Waals surface area (Å²) in [6.45, 7) is 6.89. The minimum atomic E-state index is -0.161. The molecule has 1 amide bonds. The third-order valence-electron chi connectivity index (χ3n) is 6.01. The fourth-order valence-corrected chi connectivity index (χ4v) is 5.11. The lowest BCUT2D eigenvalue weighted by atomic mass is 10.1. The normalized spacial score (nSPS) is 13.8. The van der Waals surface area contributed by atoms with Crippen LogP contribution in [0.4, 0.5) is 5.13 Å². The van der Waals surface area contributed by atoms with Crippen molar-refractivity contribution in [3.8, 4) is 23.0 Å². The van der Waals surface area contributed by atoms with Crippen LogP contribution in [0.2, 0.25) is 0 Å². The van der Waals surface area contributed by atoms with Gasteiger partial charge in [-0.05, 0) is 48.9 Å². The van der Waals surface area contributed by atoms with Gasteiger partial charge >= 0.3 is 0 Å². The summed E-state index contributed by atoms with van der Waals surface area (Å²) in [7, 11) is 4.68. The standard InChI is InChI=1S/C27H33N3O6S.ClH/c1-5-36-20-7-8-21-24(18-20)37-27(28-21)30(11-10-29-12-14-35-15-13-29)25(31)9-6-19-16-22(32-2)26(34-4)23(17-19)33-3;/h6-9,16-18H,5,10-15H2,1-4H3;1H/b9-6+;. The molecule has 11 heteroatoms. The molecule has 38 heavy (non-hydrogen) atoms. The second-order valence-electron chi connectivity index (χ2n) is 8.29. The fourth-order valence-electron chi connectivity index (χ4n) is 4.09. The minimum absolute atomic E-state index is 0. The molecule has 3 aromatic rings. The molecular formula is C27H34ClN3O6S. The number of amides is 1. The molecule has 4 rings (SSSR count).